The van der Waals surface area contributed by atoms with E-state index in [9.17, 15) is 28.0 Å². The average molecular weight is 363 g/mol. The molecule has 1 unspecified atom stereocenters. The van der Waals surface area contributed by atoms with Crippen LogP contribution in [0, 0.1) is 11.3 Å². The highest BCUT2D eigenvalue weighted by Gasteiger charge is 2.33. The van der Waals surface area contributed by atoms with Gasteiger partial charge in [-0.15, -0.1) is 0 Å². The van der Waals surface area contributed by atoms with Crippen molar-refractivity contribution in [3.63, 3.8) is 0 Å². The van der Waals surface area contributed by atoms with Gasteiger partial charge in [0.15, 0.2) is 0 Å². The molecule has 0 saturated heterocycles. The van der Waals surface area contributed by atoms with Gasteiger partial charge in [0.25, 0.3) is 0 Å². The minimum atomic E-state index is -4.64. The van der Waals surface area contributed by atoms with Gasteiger partial charge in [0.1, 0.15) is 5.69 Å². The lowest BCUT2D eigenvalue weighted by atomic mass is 9.84. The maximum absolute atomic E-state index is 12.6. The molecule has 1 atom stereocenters. The van der Waals surface area contributed by atoms with Gasteiger partial charge < -0.3 is 0 Å². The topological polar surface area (TPSA) is 107 Å². The fourth-order valence-corrected chi connectivity index (χ4v) is 2.04. The van der Waals surface area contributed by atoms with Crippen molar-refractivity contribution in [3.8, 4) is 0 Å². The number of nitrogens with zero attached hydrogens (tertiary/aromatic N) is 3. The number of aromatic nitrogens is 2. The first-order chi connectivity index (χ1) is 11.4. The second-order valence-electron chi connectivity index (χ2n) is 6.57. The quantitative estimate of drug-likeness (QED) is 0.388. The number of hydrogen-bond donors (Lipinski definition) is 3. The van der Waals surface area contributed by atoms with E-state index < -0.39 is 29.6 Å². The predicted molar refractivity (Wildman–Crippen MR) is 80.9 cm³/mol. The van der Waals surface area contributed by atoms with Crippen LogP contribution in [-0.4, -0.2) is 39.1 Å². The summed E-state index contributed by atoms with van der Waals surface area (Å²) in [6, 6.07) is 0.698. The highest BCUT2D eigenvalue weighted by molar-refractivity contribution is 5.80. The minimum Gasteiger partial charge on any atom is -0.286 e. The van der Waals surface area contributed by atoms with Crippen LogP contribution in [0.25, 0.3) is 0 Å². The molecule has 11 heteroatoms. The Morgan fingerprint density at radius 3 is 2.56 bits per heavy atom. The average Bonchev–Trinajstić information content (AvgIpc) is 2.50. The van der Waals surface area contributed by atoms with Crippen LogP contribution in [0.3, 0.4) is 0 Å². The van der Waals surface area contributed by atoms with Gasteiger partial charge in [-0.25, -0.2) is 15.0 Å². The molecule has 1 heterocycles. The van der Waals surface area contributed by atoms with Crippen molar-refractivity contribution in [2.24, 2.45) is 11.3 Å². The van der Waals surface area contributed by atoms with Crippen LogP contribution in [0.1, 0.15) is 32.9 Å². The monoisotopic (exact) mass is 363 g/mol. The summed E-state index contributed by atoms with van der Waals surface area (Å²) >= 11 is 0. The first-order valence-electron chi connectivity index (χ1n) is 7.29. The van der Waals surface area contributed by atoms with Crippen LogP contribution in [0.2, 0.25) is 0 Å². The van der Waals surface area contributed by atoms with Crippen LogP contribution in [-0.2, 0) is 15.8 Å². The largest absolute Gasteiger partial charge is 0.433 e. The number of rotatable bonds is 7. The van der Waals surface area contributed by atoms with Crippen molar-refractivity contribution < 1.29 is 28.0 Å². The molecule has 25 heavy (non-hydrogen) atoms. The Morgan fingerprint density at radius 2 is 2.04 bits per heavy atom. The third-order valence-electron chi connectivity index (χ3n) is 3.00. The molecule has 0 spiro atoms. The van der Waals surface area contributed by atoms with E-state index in [0.717, 1.165) is 6.20 Å². The highest BCUT2D eigenvalue weighted by atomic mass is 19.4. The number of hydrazine groups is 1. The Kier molecular flexibility index (Phi) is 6.68. The van der Waals surface area contributed by atoms with E-state index in [1.807, 2.05) is 20.8 Å². The lowest BCUT2D eigenvalue weighted by Crippen LogP contribution is -2.42. The van der Waals surface area contributed by atoms with E-state index in [0.29, 0.717) is 17.6 Å². The highest BCUT2D eigenvalue weighted by Crippen LogP contribution is 2.27. The van der Waals surface area contributed by atoms with E-state index in [2.05, 4.69) is 20.8 Å². The summed E-state index contributed by atoms with van der Waals surface area (Å²) in [7, 11) is 0. The van der Waals surface area contributed by atoms with Crippen LogP contribution < -0.4 is 10.9 Å². The number of carbonyl (C=O) groups excluding carboxylic acids is 2. The lowest BCUT2D eigenvalue weighted by Gasteiger charge is -2.26. The van der Waals surface area contributed by atoms with Crippen molar-refractivity contribution >= 4 is 18.3 Å². The van der Waals surface area contributed by atoms with Crippen LogP contribution in [0.5, 0.6) is 0 Å². The van der Waals surface area contributed by atoms with Gasteiger partial charge in [-0.2, -0.15) is 13.2 Å². The normalized spacial score (nSPS) is 13.1. The molecule has 0 aliphatic heterocycles. The molecule has 1 aromatic rings. The molecule has 8 nitrogen and oxygen atoms in total. The molecular formula is C14H20F3N5O3. The predicted octanol–water partition coefficient (Wildman–Crippen LogP) is 1.84. The molecule has 0 radical (unpaired) electrons. The number of hydroxylamine groups is 2. The third kappa shape index (κ3) is 7.33. The van der Waals surface area contributed by atoms with Gasteiger partial charge >= 0.3 is 6.18 Å². The Balaban J connectivity index is 2.78. The summed E-state index contributed by atoms with van der Waals surface area (Å²) in [4.78, 5) is 29.6. The Labute approximate surface area is 142 Å². The van der Waals surface area contributed by atoms with Crippen LogP contribution in [0.4, 0.5) is 19.1 Å². The molecule has 0 bridgehead atoms. The second-order valence-corrected chi connectivity index (χ2v) is 6.57. The molecule has 0 aromatic carbocycles. The van der Waals surface area contributed by atoms with Crippen molar-refractivity contribution in [1.29, 1.82) is 0 Å². The molecule has 0 aliphatic carbocycles. The van der Waals surface area contributed by atoms with Gasteiger partial charge in [0.05, 0.1) is 12.5 Å². The first kappa shape index (κ1) is 20.6. The van der Waals surface area contributed by atoms with Gasteiger partial charge in [0.2, 0.25) is 18.3 Å². The zero-order valence-electron chi connectivity index (χ0n) is 14.0. The van der Waals surface area contributed by atoms with E-state index in [1.54, 1.807) is 0 Å². The van der Waals surface area contributed by atoms with Gasteiger partial charge in [-0.1, -0.05) is 20.8 Å². The molecule has 1 aromatic heterocycles. The van der Waals surface area contributed by atoms with Crippen molar-refractivity contribution in [3.05, 3.63) is 18.0 Å². The molecule has 0 saturated carbocycles. The Bertz CT molecular complexity index is 604. The summed E-state index contributed by atoms with van der Waals surface area (Å²) in [6.45, 7) is 5.31. The molecule has 0 aliphatic rings. The van der Waals surface area contributed by atoms with Gasteiger partial charge in [-0.05, 0) is 17.9 Å². The number of carbonyl (C=O) groups is 2. The van der Waals surface area contributed by atoms with E-state index in [1.165, 1.54) is 0 Å². The van der Waals surface area contributed by atoms with E-state index in [4.69, 9.17) is 0 Å². The molecule has 3 N–H and O–H groups in total. The fraction of sp³-hybridized carbons (Fsp3) is 0.571. The summed E-state index contributed by atoms with van der Waals surface area (Å²) in [5.41, 5.74) is 2.95. The number of halogens is 3. The fourth-order valence-electron chi connectivity index (χ4n) is 2.04. The summed E-state index contributed by atoms with van der Waals surface area (Å²) < 4.78 is 37.8. The van der Waals surface area contributed by atoms with E-state index in [-0.39, 0.29) is 18.4 Å². The van der Waals surface area contributed by atoms with Gasteiger partial charge in [0, 0.05) is 6.20 Å². The zero-order valence-corrected chi connectivity index (χ0v) is 14.0. The SMILES string of the molecule is CC(C)(C)CC(CN(O)C=O)C(=O)NNc1nccc(C(F)(F)F)n1. The van der Waals surface area contributed by atoms with Gasteiger partial charge in [-0.3, -0.25) is 25.6 Å². The molecule has 2 amide bonds. The van der Waals surface area contributed by atoms with Crippen LogP contribution in [0.15, 0.2) is 12.3 Å². The first-order valence-corrected chi connectivity index (χ1v) is 7.29. The standard InChI is InChI=1S/C14H20F3N5O3/c1-13(2,3)6-9(7-22(25)8-23)11(24)20-21-12-18-5-4-10(19-12)14(15,16)17/h4-5,8-9,25H,6-7H2,1-3H3,(H,20,24)(H,18,19,21). The summed E-state index contributed by atoms with van der Waals surface area (Å²) in [5.74, 6) is -1.86. The molecular weight excluding hydrogens is 343 g/mol. The van der Waals surface area contributed by atoms with E-state index >= 15 is 0 Å². The summed E-state index contributed by atoms with van der Waals surface area (Å²) in [6.07, 6.45) is -3.26. The minimum absolute atomic E-state index is 0.159. The Hall–Kier alpha value is -2.43. The molecule has 140 valence electrons. The summed E-state index contributed by atoms with van der Waals surface area (Å²) in [5, 5.41) is 9.63. The van der Waals surface area contributed by atoms with Crippen molar-refractivity contribution in [2.75, 3.05) is 12.0 Å². The van der Waals surface area contributed by atoms with Crippen molar-refractivity contribution in [2.45, 2.75) is 33.4 Å². The molecule has 0 fully saturated rings. The van der Waals surface area contributed by atoms with Crippen molar-refractivity contribution in [1.82, 2.24) is 20.5 Å². The number of hydrogen-bond acceptors (Lipinski definition) is 6. The third-order valence-corrected chi connectivity index (χ3v) is 3.00. The number of nitrogens with one attached hydrogen (secondary N) is 2. The Morgan fingerprint density at radius 1 is 1.40 bits per heavy atom. The second kappa shape index (κ2) is 8.10. The number of anilines is 1. The smallest absolute Gasteiger partial charge is 0.286 e. The maximum atomic E-state index is 12.6. The number of amides is 2. The number of alkyl halides is 3. The zero-order chi connectivity index (χ0) is 19.3. The molecule has 1 rings (SSSR count). The maximum Gasteiger partial charge on any atom is 0.433 e. The lowest BCUT2D eigenvalue weighted by molar-refractivity contribution is -0.155. The van der Waals surface area contributed by atoms with Crippen LogP contribution >= 0.6 is 0 Å².